The lowest BCUT2D eigenvalue weighted by atomic mass is 10.3. The second kappa shape index (κ2) is 6.40. The highest BCUT2D eigenvalue weighted by atomic mass is 15.2. The van der Waals surface area contributed by atoms with Crippen molar-refractivity contribution in [2.75, 3.05) is 24.5 Å². The van der Waals surface area contributed by atoms with Gasteiger partial charge in [0.05, 0.1) is 0 Å². The minimum Gasteiger partial charge on any atom is -0.357 e. The van der Waals surface area contributed by atoms with Crippen molar-refractivity contribution < 1.29 is 0 Å². The zero-order chi connectivity index (χ0) is 11.1. The highest BCUT2D eigenvalue weighted by Gasteiger charge is 2.05. The fourth-order valence-electron chi connectivity index (χ4n) is 1.60. The van der Waals surface area contributed by atoms with Crippen LogP contribution in [0.3, 0.4) is 0 Å². The van der Waals surface area contributed by atoms with E-state index in [0.717, 1.165) is 44.0 Å². The van der Waals surface area contributed by atoms with Crippen LogP contribution in [0.1, 0.15) is 25.5 Å². The molecule has 0 atom stereocenters. The predicted octanol–water partition coefficient (Wildman–Crippen LogP) is 1.96. The van der Waals surface area contributed by atoms with Crippen LogP contribution < -0.4 is 10.6 Å². The molecule has 0 saturated heterocycles. The molecule has 3 heteroatoms. The van der Waals surface area contributed by atoms with Gasteiger partial charge < -0.3 is 10.6 Å². The standard InChI is InChI=1S/C12H21N3/c1-3-9-15(10-5-8-13)12-7-4-6-11(2)14-12/h4,6-7H,3,5,8-10,13H2,1-2H3. The Hall–Kier alpha value is -1.09. The SMILES string of the molecule is CCCN(CCCN)c1cccc(C)n1. The molecular formula is C12H21N3. The minimum atomic E-state index is 0.742. The maximum atomic E-state index is 5.53. The van der Waals surface area contributed by atoms with Crippen LogP contribution in [-0.2, 0) is 0 Å². The van der Waals surface area contributed by atoms with Crippen molar-refractivity contribution in [1.29, 1.82) is 0 Å². The van der Waals surface area contributed by atoms with E-state index in [9.17, 15) is 0 Å². The molecule has 84 valence electrons. The van der Waals surface area contributed by atoms with Gasteiger partial charge in [-0.1, -0.05) is 13.0 Å². The number of aryl methyl sites for hydroxylation is 1. The molecule has 0 radical (unpaired) electrons. The summed E-state index contributed by atoms with van der Waals surface area (Å²) in [5.74, 6) is 1.07. The average Bonchev–Trinajstić information content (AvgIpc) is 2.24. The summed E-state index contributed by atoms with van der Waals surface area (Å²) in [5.41, 5.74) is 6.60. The summed E-state index contributed by atoms with van der Waals surface area (Å²) in [6.45, 7) is 7.01. The summed E-state index contributed by atoms with van der Waals surface area (Å²) in [4.78, 5) is 6.84. The first-order chi connectivity index (χ1) is 7.27. The molecule has 0 unspecified atom stereocenters. The highest BCUT2D eigenvalue weighted by Crippen LogP contribution is 2.11. The van der Waals surface area contributed by atoms with Gasteiger partial charge in [0.15, 0.2) is 0 Å². The van der Waals surface area contributed by atoms with Crippen LogP contribution in [0.5, 0.6) is 0 Å². The smallest absolute Gasteiger partial charge is 0.128 e. The van der Waals surface area contributed by atoms with Gasteiger partial charge in [-0.15, -0.1) is 0 Å². The van der Waals surface area contributed by atoms with Gasteiger partial charge in [-0.25, -0.2) is 4.98 Å². The van der Waals surface area contributed by atoms with E-state index in [1.165, 1.54) is 0 Å². The Morgan fingerprint density at radius 2 is 2.13 bits per heavy atom. The molecule has 0 fully saturated rings. The Balaban J connectivity index is 2.69. The number of hydrogen-bond acceptors (Lipinski definition) is 3. The van der Waals surface area contributed by atoms with Gasteiger partial charge in [-0.2, -0.15) is 0 Å². The maximum Gasteiger partial charge on any atom is 0.128 e. The van der Waals surface area contributed by atoms with Crippen LogP contribution >= 0.6 is 0 Å². The van der Waals surface area contributed by atoms with Gasteiger partial charge >= 0.3 is 0 Å². The molecule has 0 saturated carbocycles. The van der Waals surface area contributed by atoms with Crippen LogP contribution in [0, 0.1) is 6.92 Å². The molecule has 1 rings (SSSR count). The Labute approximate surface area is 92.3 Å². The predicted molar refractivity (Wildman–Crippen MR) is 65.1 cm³/mol. The third kappa shape index (κ3) is 3.88. The first kappa shape index (κ1) is 12.0. The molecule has 1 heterocycles. The molecule has 15 heavy (non-hydrogen) atoms. The number of nitrogens with zero attached hydrogens (tertiary/aromatic N) is 2. The lowest BCUT2D eigenvalue weighted by Crippen LogP contribution is -2.27. The number of rotatable bonds is 6. The molecule has 2 N–H and O–H groups in total. The van der Waals surface area contributed by atoms with Crippen molar-refractivity contribution in [1.82, 2.24) is 4.98 Å². The molecule has 1 aromatic rings. The zero-order valence-electron chi connectivity index (χ0n) is 9.74. The van der Waals surface area contributed by atoms with Crippen molar-refractivity contribution in [3.05, 3.63) is 23.9 Å². The Morgan fingerprint density at radius 3 is 2.73 bits per heavy atom. The number of aromatic nitrogens is 1. The van der Waals surface area contributed by atoms with Gasteiger partial charge in [-0.05, 0) is 38.4 Å². The topological polar surface area (TPSA) is 42.1 Å². The molecule has 3 nitrogen and oxygen atoms in total. The van der Waals surface area contributed by atoms with E-state index in [2.05, 4.69) is 28.9 Å². The zero-order valence-corrected chi connectivity index (χ0v) is 9.74. The Morgan fingerprint density at radius 1 is 1.33 bits per heavy atom. The van der Waals surface area contributed by atoms with Crippen LogP contribution in [0.15, 0.2) is 18.2 Å². The molecule has 0 aromatic carbocycles. The summed E-state index contributed by atoms with van der Waals surface area (Å²) in [6.07, 6.45) is 2.16. The summed E-state index contributed by atoms with van der Waals surface area (Å²) in [7, 11) is 0. The second-order valence-electron chi connectivity index (χ2n) is 3.77. The van der Waals surface area contributed by atoms with Crippen LogP contribution in [0.2, 0.25) is 0 Å². The van der Waals surface area contributed by atoms with Crippen molar-refractivity contribution in [3.63, 3.8) is 0 Å². The molecule has 0 spiro atoms. The minimum absolute atomic E-state index is 0.742. The van der Waals surface area contributed by atoms with Crippen molar-refractivity contribution in [3.8, 4) is 0 Å². The molecule has 0 amide bonds. The third-order valence-electron chi connectivity index (χ3n) is 2.32. The fourth-order valence-corrected chi connectivity index (χ4v) is 1.60. The van der Waals surface area contributed by atoms with Crippen LogP contribution in [0.25, 0.3) is 0 Å². The van der Waals surface area contributed by atoms with Crippen molar-refractivity contribution >= 4 is 5.82 Å². The van der Waals surface area contributed by atoms with Crippen molar-refractivity contribution in [2.24, 2.45) is 5.73 Å². The molecule has 0 aliphatic carbocycles. The van der Waals surface area contributed by atoms with Gasteiger partial charge in [0.2, 0.25) is 0 Å². The monoisotopic (exact) mass is 207 g/mol. The van der Waals surface area contributed by atoms with E-state index in [1.54, 1.807) is 0 Å². The summed E-state index contributed by atoms with van der Waals surface area (Å²) in [5, 5.41) is 0. The molecule has 0 aliphatic heterocycles. The van der Waals surface area contributed by atoms with Gasteiger partial charge in [0.25, 0.3) is 0 Å². The first-order valence-corrected chi connectivity index (χ1v) is 5.66. The van der Waals surface area contributed by atoms with E-state index in [4.69, 9.17) is 5.73 Å². The summed E-state index contributed by atoms with van der Waals surface area (Å²) < 4.78 is 0. The summed E-state index contributed by atoms with van der Waals surface area (Å²) in [6, 6.07) is 6.15. The summed E-state index contributed by atoms with van der Waals surface area (Å²) >= 11 is 0. The maximum absolute atomic E-state index is 5.53. The van der Waals surface area contributed by atoms with Crippen LogP contribution in [-0.4, -0.2) is 24.6 Å². The van der Waals surface area contributed by atoms with E-state index >= 15 is 0 Å². The molecular weight excluding hydrogens is 186 g/mol. The number of anilines is 1. The van der Waals surface area contributed by atoms with E-state index in [1.807, 2.05) is 13.0 Å². The first-order valence-electron chi connectivity index (χ1n) is 5.66. The van der Waals surface area contributed by atoms with E-state index < -0.39 is 0 Å². The van der Waals surface area contributed by atoms with E-state index in [0.29, 0.717) is 0 Å². The lowest BCUT2D eigenvalue weighted by molar-refractivity contribution is 0.711. The fraction of sp³-hybridized carbons (Fsp3) is 0.583. The van der Waals surface area contributed by atoms with Gasteiger partial charge in [-0.3, -0.25) is 0 Å². The average molecular weight is 207 g/mol. The van der Waals surface area contributed by atoms with Crippen molar-refractivity contribution in [2.45, 2.75) is 26.7 Å². The Kier molecular flexibility index (Phi) is 5.12. The molecule has 0 aliphatic rings. The number of nitrogens with two attached hydrogens (primary N) is 1. The second-order valence-corrected chi connectivity index (χ2v) is 3.77. The highest BCUT2D eigenvalue weighted by molar-refractivity contribution is 5.38. The largest absolute Gasteiger partial charge is 0.357 e. The van der Waals surface area contributed by atoms with Gasteiger partial charge in [0, 0.05) is 18.8 Å². The lowest BCUT2D eigenvalue weighted by Gasteiger charge is -2.23. The normalized spacial score (nSPS) is 10.3. The number of hydrogen-bond donors (Lipinski definition) is 1. The third-order valence-corrected chi connectivity index (χ3v) is 2.32. The number of pyridine rings is 1. The van der Waals surface area contributed by atoms with Crippen LogP contribution in [0.4, 0.5) is 5.82 Å². The molecule has 0 bridgehead atoms. The quantitative estimate of drug-likeness (QED) is 0.775. The Bertz CT molecular complexity index is 286. The molecule has 1 aromatic heterocycles. The van der Waals surface area contributed by atoms with Gasteiger partial charge in [0.1, 0.15) is 5.82 Å². The van der Waals surface area contributed by atoms with E-state index in [-0.39, 0.29) is 0 Å².